The van der Waals surface area contributed by atoms with Gasteiger partial charge in [0.05, 0.1) is 26.5 Å². The van der Waals surface area contributed by atoms with Crippen LogP contribution in [0.5, 0.6) is 0 Å². The van der Waals surface area contributed by atoms with Gasteiger partial charge in [0, 0.05) is 17.8 Å². The Morgan fingerprint density at radius 3 is 2.79 bits per heavy atom. The third kappa shape index (κ3) is 3.75. The third-order valence-electron chi connectivity index (χ3n) is 3.47. The van der Waals surface area contributed by atoms with Gasteiger partial charge in [-0.05, 0) is 39.8 Å². The Morgan fingerprint density at radius 2 is 2.12 bits per heavy atom. The highest BCUT2D eigenvalue weighted by Crippen LogP contribution is 2.30. The average Bonchev–Trinajstić information content (AvgIpc) is 3.23. The molecule has 0 aliphatic rings. The highest BCUT2D eigenvalue weighted by Gasteiger charge is 2.17. The monoisotopic (exact) mass is 357 g/mol. The van der Waals surface area contributed by atoms with Crippen molar-refractivity contribution >= 4 is 22.7 Å². The first-order chi connectivity index (χ1) is 11.3. The Kier molecular flexibility index (Phi) is 4.59. The van der Waals surface area contributed by atoms with Crippen molar-refractivity contribution in [1.82, 2.24) is 14.5 Å². The Balaban J connectivity index is 1.90. The molecule has 124 valence electrons. The van der Waals surface area contributed by atoms with Crippen molar-refractivity contribution in [2.75, 3.05) is 0 Å². The zero-order chi connectivity index (χ0) is 17.3. The molecule has 0 aliphatic carbocycles. The summed E-state index contributed by atoms with van der Waals surface area (Å²) in [5, 5.41) is 12.9. The summed E-state index contributed by atoms with van der Waals surface area (Å²) in [7, 11) is 0. The number of hydrogen-bond acceptors (Lipinski definition) is 5. The van der Waals surface area contributed by atoms with E-state index >= 15 is 0 Å². The van der Waals surface area contributed by atoms with E-state index in [9.17, 15) is 5.11 Å². The van der Waals surface area contributed by atoms with E-state index < -0.39 is 5.60 Å². The van der Waals surface area contributed by atoms with Crippen LogP contribution in [-0.4, -0.2) is 25.2 Å². The minimum Gasteiger partial charge on any atom is -0.378 e. The first-order valence-electron chi connectivity index (χ1n) is 7.64. The van der Waals surface area contributed by atoms with Crippen LogP contribution in [-0.2, 0) is 0 Å². The molecule has 0 bridgehead atoms. The van der Waals surface area contributed by atoms with E-state index in [-0.39, 0.29) is 6.04 Å². The largest absolute Gasteiger partial charge is 0.378 e. The van der Waals surface area contributed by atoms with Gasteiger partial charge in [-0.2, -0.15) is 0 Å². The number of imidazole rings is 1. The molecule has 0 fully saturated rings. The number of nitrogens with zero attached hydrogens (tertiary/aromatic N) is 3. The van der Waals surface area contributed by atoms with Crippen LogP contribution in [0.25, 0.3) is 10.7 Å². The number of aromatic nitrogens is 3. The quantitative estimate of drug-likeness (QED) is 0.718. The molecular formula is C18H19N3OS2. The van der Waals surface area contributed by atoms with E-state index in [0.29, 0.717) is 0 Å². The van der Waals surface area contributed by atoms with Crippen LogP contribution in [0.3, 0.4) is 0 Å². The highest BCUT2D eigenvalue weighted by atomic mass is 32.1. The maximum atomic E-state index is 9.72. The number of hydrogen-bond donors (Lipinski definition) is 1. The molecule has 1 N–H and O–H groups in total. The third-order valence-corrected chi connectivity index (χ3v) is 5.26. The Bertz CT molecular complexity index is 902. The topological polar surface area (TPSA) is 50.9 Å². The van der Waals surface area contributed by atoms with Crippen LogP contribution < -0.4 is 0 Å². The molecule has 24 heavy (non-hydrogen) atoms. The minimum atomic E-state index is -0.986. The zero-order valence-corrected chi connectivity index (χ0v) is 15.7. The molecule has 3 aromatic heterocycles. The van der Waals surface area contributed by atoms with E-state index in [1.165, 1.54) is 0 Å². The molecule has 3 heterocycles. The lowest BCUT2D eigenvalue weighted by atomic mass is 10.1. The smallest absolute Gasteiger partial charge is 0.150 e. The molecular weight excluding hydrogens is 338 g/mol. The molecule has 3 aromatic rings. The maximum Gasteiger partial charge on any atom is 0.150 e. The van der Waals surface area contributed by atoms with E-state index in [2.05, 4.69) is 38.7 Å². The Morgan fingerprint density at radius 1 is 1.33 bits per heavy atom. The van der Waals surface area contributed by atoms with Crippen LogP contribution in [0.1, 0.15) is 42.4 Å². The number of rotatable bonds is 3. The van der Waals surface area contributed by atoms with Crippen LogP contribution in [0.4, 0.5) is 0 Å². The lowest BCUT2D eigenvalue weighted by Crippen LogP contribution is -2.14. The molecule has 0 aliphatic heterocycles. The number of thiazole rings is 1. The van der Waals surface area contributed by atoms with Crippen molar-refractivity contribution < 1.29 is 5.11 Å². The van der Waals surface area contributed by atoms with Gasteiger partial charge < -0.3 is 9.67 Å². The van der Waals surface area contributed by atoms with Gasteiger partial charge in [0.15, 0.2) is 5.82 Å². The van der Waals surface area contributed by atoms with Crippen molar-refractivity contribution in [3.8, 4) is 22.5 Å². The molecule has 1 atom stereocenters. The van der Waals surface area contributed by atoms with Gasteiger partial charge in [0.25, 0.3) is 0 Å². The summed E-state index contributed by atoms with van der Waals surface area (Å²) in [4.78, 5) is 11.1. The van der Waals surface area contributed by atoms with Crippen molar-refractivity contribution in [3.05, 3.63) is 45.5 Å². The fourth-order valence-electron chi connectivity index (χ4n) is 2.27. The zero-order valence-electron chi connectivity index (χ0n) is 14.1. The number of aliphatic hydroxyl groups is 1. The molecule has 0 spiro atoms. The Hall–Kier alpha value is -1.94. The normalized spacial score (nSPS) is 12.7. The van der Waals surface area contributed by atoms with E-state index in [4.69, 9.17) is 0 Å². The van der Waals surface area contributed by atoms with Gasteiger partial charge in [0.1, 0.15) is 5.60 Å². The average molecular weight is 358 g/mol. The van der Waals surface area contributed by atoms with Crippen molar-refractivity contribution in [1.29, 1.82) is 0 Å². The van der Waals surface area contributed by atoms with Gasteiger partial charge in [-0.3, -0.25) is 0 Å². The van der Waals surface area contributed by atoms with Gasteiger partial charge in [0.2, 0.25) is 0 Å². The predicted octanol–water partition coefficient (Wildman–Crippen LogP) is 4.11. The summed E-state index contributed by atoms with van der Waals surface area (Å²) in [5.74, 6) is 6.78. The lowest BCUT2D eigenvalue weighted by molar-refractivity contribution is 0.143. The standard InChI is InChI=1S/C18H19N3OS2/c1-12(15-11-23-13(2)20-15)21-10-9-19-17(21)16-6-5-14(24-16)7-8-18(3,4)22/h5-6,9-12,22H,1-4H3. The Labute approximate surface area is 149 Å². The van der Waals surface area contributed by atoms with E-state index in [0.717, 1.165) is 26.3 Å². The molecule has 4 nitrogen and oxygen atoms in total. The summed E-state index contributed by atoms with van der Waals surface area (Å²) >= 11 is 3.24. The first-order valence-corrected chi connectivity index (χ1v) is 9.34. The molecule has 0 radical (unpaired) electrons. The fraction of sp³-hybridized carbons (Fsp3) is 0.333. The van der Waals surface area contributed by atoms with Gasteiger partial charge in [-0.1, -0.05) is 11.8 Å². The summed E-state index contributed by atoms with van der Waals surface area (Å²) in [6, 6.07) is 4.12. The van der Waals surface area contributed by atoms with Crippen molar-refractivity contribution in [2.24, 2.45) is 0 Å². The van der Waals surface area contributed by atoms with Crippen LogP contribution >= 0.6 is 22.7 Å². The SMILES string of the molecule is Cc1nc(C(C)n2ccnc2-c2ccc(C#CC(C)(C)O)s2)cs1. The highest BCUT2D eigenvalue weighted by molar-refractivity contribution is 7.15. The van der Waals surface area contributed by atoms with Crippen LogP contribution in [0, 0.1) is 18.8 Å². The van der Waals surface area contributed by atoms with Crippen molar-refractivity contribution in [2.45, 2.75) is 39.3 Å². The molecule has 0 saturated heterocycles. The van der Waals surface area contributed by atoms with E-state index in [1.54, 1.807) is 36.5 Å². The summed E-state index contributed by atoms with van der Waals surface area (Å²) in [6.07, 6.45) is 3.80. The summed E-state index contributed by atoms with van der Waals surface area (Å²) < 4.78 is 2.13. The molecule has 0 amide bonds. The molecule has 6 heteroatoms. The van der Waals surface area contributed by atoms with Gasteiger partial charge >= 0.3 is 0 Å². The van der Waals surface area contributed by atoms with Gasteiger partial charge in [-0.25, -0.2) is 9.97 Å². The number of thiophene rings is 1. The maximum absolute atomic E-state index is 9.72. The first kappa shape index (κ1) is 16.9. The second-order valence-corrected chi connectivity index (χ2v) is 8.24. The summed E-state index contributed by atoms with van der Waals surface area (Å²) in [6.45, 7) is 7.50. The lowest BCUT2D eigenvalue weighted by Gasteiger charge is -2.13. The van der Waals surface area contributed by atoms with Crippen molar-refractivity contribution in [3.63, 3.8) is 0 Å². The second-order valence-electron chi connectivity index (χ2n) is 6.10. The van der Waals surface area contributed by atoms with Gasteiger partial charge in [-0.15, -0.1) is 22.7 Å². The predicted molar refractivity (Wildman–Crippen MR) is 99.4 cm³/mol. The fourth-order valence-corrected chi connectivity index (χ4v) is 3.83. The number of aryl methyl sites for hydroxylation is 1. The molecule has 3 rings (SSSR count). The molecule has 0 saturated carbocycles. The van der Waals surface area contributed by atoms with Crippen LogP contribution in [0.2, 0.25) is 0 Å². The minimum absolute atomic E-state index is 0.125. The molecule has 1 unspecified atom stereocenters. The van der Waals surface area contributed by atoms with E-state index in [1.807, 2.05) is 31.5 Å². The van der Waals surface area contributed by atoms with Crippen LogP contribution in [0.15, 0.2) is 29.9 Å². The summed E-state index contributed by atoms with van der Waals surface area (Å²) in [5.41, 5.74) is 0.0648. The second kappa shape index (κ2) is 6.52. The molecule has 0 aromatic carbocycles.